The molecule has 0 atom stereocenters. The molecule has 0 spiro atoms. The summed E-state index contributed by atoms with van der Waals surface area (Å²) in [5.41, 5.74) is -0.167. The van der Waals surface area contributed by atoms with Crippen LogP contribution in [0.1, 0.15) is 33.6 Å². The summed E-state index contributed by atoms with van der Waals surface area (Å²) in [5, 5.41) is 11.7. The summed E-state index contributed by atoms with van der Waals surface area (Å²) in [5.74, 6) is 0.0808. The van der Waals surface area contributed by atoms with Crippen molar-refractivity contribution in [1.82, 2.24) is 10.2 Å². The lowest BCUT2D eigenvalue weighted by Crippen LogP contribution is -2.48. The maximum Gasteiger partial charge on any atom is 0.234 e. The van der Waals surface area contributed by atoms with Crippen LogP contribution in [0.15, 0.2) is 0 Å². The van der Waals surface area contributed by atoms with Gasteiger partial charge in [0, 0.05) is 18.6 Å². The Labute approximate surface area is 109 Å². The highest BCUT2D eigenvalue weighted by Gasteiger charge is 2.22. The number of carbonyl (C=O) groups is 1. The van der Waals surface area contributed by atoms with E-state index in [0.29, 0.717) is 13.2 Å². The number of rotatable bonds is 5. The predicted octanol–water partition coefficient (Wildman–Crippen LogP) is 0.374. The average molecular weight is 258 g/mol. The van der Waals surface area contributed by atoms with Gasteiger partial charge in [-0.3, -0.25) is 9.69 Å². The fourth-order valence-corrected chi connectivity index (χ4v) is 2.11. The van der Waals surface area contributed by atoms with Gasteiger partial charge in [-0.2, -0.15) is 0 Å². The predicted molar refractivity (Wildman–Crippen MR) is 70.4 cm³/mol. The van der Waals surface area contributed by atoms with Crippen molar-refractivity contribution >= 4 is 5.91 Å². The molecule has 0 unspecified atom stereocenters. The average Bonchev–Trinajstić information content (AvgIpc) is 2.25. The number of piperidine rings is 1. The molecular formula is C13H26N2O3. The van der Waals surface area contributed by atoms with Gasteiger partial charge < -0.3 is 15.2 Å². The lowest BCUT2D eigenvalue weighted by molar-refractivity contribution is -0.124. The van der Waals surface area contributed by atoms with E-state index in [1.54, 1.807) is 0 Å². The number of hydrogen-bond acceptors (Lipinski definition) is 4. The molecular weight excluding hydrogens is 232 g/mol. The van der Waals surface area contributed by atoms with Crippen LogP contribution in [0, 0.1) is 0 Å². The Morgan fingerprint density at radius 3 is 2.50 bits per heavy atom. The van der Waals surface area contributed by atoms with E-state index in [4.69, 9.17) is 9.84 Å². The van der Waals surface area contributed by atoms with E-state index in [1.807, 2.05) is 20.8 Å². The molecule has 106 valence electrons. The van der Waals surface area contributed by atoms with Crippen LogP contribution in [0.5, 0.6) is 0 Å². The molecule has 0 bridgehead atoms. The van der Waals surface area contributed by atoms with E-state index in [1.165, 1.54) is 0 Å². The minimum atomic E-state index is -0.167. The highest BCUT2D eigenvalue weighted by Crippen LogP contribution is 2.13. The van der Waals surface area contributed by atoms with Crippen LogP contribution in [-0.2, 0) is 9.53 Å². The Morgan fingerprint density at radius 1 is 1.39 bits per heavy atom. The first-order valence-corrected chi connectivity index (χ1v) is 6.66. The van der Waals surface area contributed by atoms with E-state index >= 15 is 0 Å². The number of carbonyl (C=O) groups excluding carboxylic acids is 1. The molecule has 1 aliphatic rings. The van der Waals surface area contributed by atoms with Gasteiger partial charge in [0.15, 0.2) is 0 Å². The van der Waals surface area contributed by atoms with Crippen molar-refractivity contribution in [2.45, 2.75) is 45.3 Å². The van der Waals surface area contributed by atoms with Crippen molar-refractivity contribution in [2.75, 3.05) is 32.8 Å². The van der Waals surface area contributed by atoms with Crippen molar-refractivity contribution in [3.63, 3.8) is 0 Å². The van der Waals surface area contributed by atoms with Crippen LogP contribution >= 0.6 is 0 Å². The summed E-state index contributed by atoms with van der Waals surface area (Å²) in [6, 6.07) is 0. The molecule has 1 aliphatic heterocycles. The molecule has 0 saturated carbocycles. The van der Waals surface area contributed by atoms with Gasteiger partial charge in [0.2, 0.25) is 5.91 Å². The van der Waals surface area contributed by atoms with Crippen molar-refractivity contribution in [3.8, 4) is 0 Å². The number of aliphatic hydroxyl groups excluding tert-OH is 1. The van der Waals surface area contributed by atoms with Crippen LogP contribution in [0.3, 0.4) is 0 Å². The number of hydrogen-bond donors (Lipinski definition) is 2. The second-order valence-electron chi connectivity index (χ2n) is 5.87. The van der Waals surface area contributed by atoms with Crippen LogP contribution in [0.25, 0.3) is 0 Å². The largest absolute Gasteiger partial charge is 0.394 e. The van der Waals surface area contributed by atoms with Crippen molar-refractivity contribution in [3.05, 3.63) is 0 Å². The number of likely N-dealkylation sites (tertiary alicyclic amines) is 1. The molecule has 2 N–H and O–H groups in total. The fourth-order valence-electron chi connectivity index (χ4n) is 2.11. The van der Waals surface area contributed by atoms with Crippen molar-refractivity contribution in [1.29, 1.82) is 0 Å². The summed E-state index contributed by atoms with van der Waals surface area (Å²) < 4.78 is 5.49. The number of ether oxygens (including phenoxy) is 1. The summed E-state index contributed by atoms with van der Waals surface area (Å²) in [6.07, 6.45) is 2.10. The zero-order valence-electron chi connectivity index (χ0n) is 11.7. The van der Waals surface area contributed by atoms with Gasteiger partial charge in [-0.25, -0.2) is 0 Å². The monoisotopic (exact) mass is 258 g/mol. The van der Waals surface area contributed by atoms with Gasteiger partial charge in [-0.1, -0.05) is 0 Å². The summed E-state index contributed by atoms with van der Waals surface area (Å²) in [6.45, 7) is 8.67. The second-order valence-corrected chi connectivity index (χ2v) is 5.87. The van der Waals surface area contributed by atoms with Gasteiger partial charge >= 0.3 is 0 Å². The van der Waals surface area contributed by atoms with Crippen molar-refractivity contribution < 1.29 is 14.6 Å². The van der Waals surface area contributed by atoms with E-state index in [2.05, 4.69) is 10.2 Å². The fraction of sp³-hybridized carbons (Fsp3) is 0.923. The van der Waals surface area contributed by atoms with Gasteiger partial charge in [-0.05, 0) is 33.6 Å². The number of aliphatic hydroxyl groups is 1. The van der Waals surface area contributed by atoms with Crippen LogP contribution in [-0.4, -0.2) is 60.4 Å². The van der Waals surface area contributed by atoms with E-state index in [9.17, 15) is 4.79 Å². The molecule has 1 heterocycles. The third kappa shape index (κ3) is 6.33. The van der Waals surface area contributed by atoms with Gasteiger partial charge in [0.05, 0.1) is 25.9 Å². The number of amides is 1. The lowest BCUT2D eigenvalue weighted by Gasteiger charge is -2.32. The first kappa shape index (κ1) is 15.4. The summed E-state index contributed by atoms with van der Waals surface area (Å²) in [4.78, 5) is 13.9. The Balaban J connectivity index is 2.21. The molecule has 0 radical (unpaired) electrons. The van der Waals surface area contributed by atoms with Crippen LogP contribution in [0.4, 0.5) is 0 Å². The molecule has 5 heteroatoms. The molecule has 0 aromatic heterocycles. The molecule has 1 fully saturated rings. The van der Waals surface area contributed by atoms with Crippen LogP contribution in [0.2, 0.25) is 0 Å². The molecule has 0 aromatic rings. The third-order valence-electron chi connectivity index (χ3n) is 2.86. The Bertz CT molecular complexity index is 255. The Morgan fingerprint density at radius 2 is 2.00 bits per heavy atom. The van der Waals surface area contributed by atoms with Gasteiger partial charge in [0.1, 0.15) is 0 Å². The highest BCUT2D eigenvalue weighted by atomic mass is 16.5. The molecule has 0 aliphatic carbocycles. The third-order valence-corrected chi connectivity index (χ3v) is 2.86. The van der Waals surface area contributed by atoms with E-state index < -0.39 is 0 Å². The van der Waals surface area contributed by atoms with Gasteiger partial charge in [0.25, 0.3) is 0 Å². The molecule has 5 nitrogen and oxygen atoms in total. The molecule has 0 aromatic carbocycles. The van der Waals surface area contributed by atoms with Crippen LogP contribution < -0.4 is 5.32 Å². The first-order chi connectivity index (χ1) is 8.40. The minimum absolute atomic E-state index is 0.0776. The molecule has 18 heavy (non-hydrogen) atoms. The first-order valence-electron chi connectivity index (χ1n) is 6.66. The molecule has 1 rings (SSSR count). The Kier molecular flexibility index (Phi) is 6.05. The summed E-state index contributed by atoms with van der Waals surface area (Å²) in [7, 11) is 0. The van der Waals surface area contributed by atoms with Crippen molar-refractivity contribution in [2.24, 2.45) is 0 Å². The summed E-state index contributed by atoms with van der Waals surface area (Å²) >= 11 is 0. The maximum absolute atomic E-state index is 11.8. The number of nitrogens with one attached hydrogen (secondary N) is 1. The maximum atomic E-state index is 11.8. The topological polar surface area (TPSA) is 61.8 Å². The second kappa shape index (κ2) is 7.07. The van der Waals surface area contributed by atoms with Gasteiger partial charge in [-0.15, -0.1) is 0 Å². The number of nitrogens with zero attached hydrogens (tertiary/aromatic N) is 1. The Hall–Kier alpha value is -0.650. The minimum Gasteiger partial charge on any atom is -0.394 e. The molecule has 1 amide bonds. The lowest BCUT2D eigenvalue weighted by atomic mass is 10.1. The van der Waals surface area contributed by atoms with E-state index in [0.717, 1.165) is 25.9 Å². The smallest absolute Gasteiger partial charge is 0.234 e. The quantitative estimate of drug-likeness (QED) is 0.748. The SMILES string of the molecule is CC(C)(C)NC(=O)CN1CCC(OCCO)CC1. The normalized spacial score (nSPS) is 18.9. The standard InChI is InChI=1S/C13H26N2O3/c1-13(2,3)14-12(17)10-15-6-4-11(5-7-15)18-9-8-16/h11,16H,4-10H2,1-3H3,(H,14,17). The zero-order chi connectivity index (χ0) is 13.6. The molecule has 1 saturated heterocycles. The zero-order valence-corrected chi connectivity index (χ0v) is 11.7. The van der Waals surface area contributed by atoms with E-state index in [-0.39, 0.29) is 24.2 Å². The highest BCUT2D eigenvalue weighted by molar-refractivity contribution is 5.78.